The molecule has 0 spiro atoms. The second-order valence-electron chi connectivity index (χ2n) is 9.74. The van der Waals surface area contributed by atoms with Crippen LogP contribution in [0.25, 0.3) is 0 Å². The van der Waals surface area contributed by atoms with Gasteiger partial charge in [-0.15, -0.1) is 0 Å². The molecule has 3 atom stereocenters. The first-order chi connectivity index (χ1) is 16.9. The Labute approximate surface area is 207 Å². The molecule has 0 bridgehead atoms. The molecule has 4 rings (SSSR count). The van der Waals surface area contributed by atoms with Gasteiger partial charge in [0.15, 0.2) is 0 Å². The van der Waals surface area contributed by atoms with Crippen molar-refractivity contribution in [3.63, 3.8) is 0 Å². The lowest BCUT2D eigenvalue weighted by Gasteiger charge is -2.42. The first kappa shape index (κ1) is 25.4. The van der Waals surface area contributed by atoms with Crippen LogP contribution in [0.4, 0.5) is 5.69 Å². The number of hydrogen-bond acceptors (Lipinski definition) is 6. The number of benzene rings is 1. The number of anilines is 1. The average molecular weight is 487 g/mol. The van der Waals surface area contributed by atoms with Crippen LogP contribution < -0.4 is 15.4 Å². The minimum absolute atomic E-state index is 0.00801. The van der Waals surface area contributed by atoms with E-state index in [1.807, 2.05) is 0 Å². The molecule has 0 radical (unpaired) electrons. The lowest BCUT2D eigenvalue weighted by molar-refractivity contribution is -0.134. The fourth-order valence-corrected chi connectivity index (χ4v) is 5.17. The fourth-order valence-electron chi connectivity index (χ4n) is 5.17. The monoisotopic (exact) mass is 486 g/mol. The quantitative estimate of drug-likeness (QED) is 0.614. The summed E-state index contributed by atoms with van der Waals surface area (Å²) in [5, 5.41) is 5.83. The fraction of sp³-hybridized carbons (Fsp3) is 0.654. The molecule has 0 aromatic heterocycles. The number of likely N-dealkylation sites (N-methyl/N-ethyl adjacent to an activating group) is 1. The Morgan fingerprint density at radius 1 is 1.11 bits per heavy atom. The summed E-state index contributed by atoms with van der Waals surface area (Å²) in [4.78, 5) is 41.7. The zero-order chi connectivity index (χ0) is 24.8. The number of fused-ring (bicyclic) bond motifs is 2. The number of hydrogen-bond donors (Lipinski definition) is 2. The van der Waals surface area contributed by atoms with Gasteiger partial charge in [0, 0.05) is 32.2 Å². The largest absolute Gasteiger partial charge is 0.490 e. The van der Waals surface area contributed by atoms with Crippen molar-refractivity contribution in [2.75, 3.05) is 45.2 Å². The zero-order valence-corrected chi connectivity index (χ0v) is 20.9. The van der Waals surface area contributed by atoms with Crippen molar-refractivity contribution in [2.45, 2.75) is 70.1 Å². The van der Waals surface area contributed by atoms with Crippen LogP contribution in [0.3, 0.4) is 0 Å². The van der Waals surface area contributed by atoms with Gasteiger partial charge in [-0.3, -0.25) is 14.4 Å². The van der Waals surface area contributed by atoms with Crippen molar-refractivity contribution in [3.8, 4) is 5.75 Å². The van der Waals surface area contributed by atoms with Gasteiger partial charge in [-0.1, -0.05) is 13.3 Å². The van der Waals surface area contributed by atoms with Gasteiger partial charge < -0.3 is 29.9 Å². The molecule has 0 unspecified atom stereocenters. The van der Waals surface area contributed by atoms with Gasteiger partial charge in [0.2, 0.25) is 11.8 Å². The van der Waals surface area contributed by atoms with E-state index in [2.05, 4.69) is 15.5 Å². The summed E-state index contributed by atoms with van der Waals surface area (Å²) in [5.74, 6) is 0.198. The molecule has 3 amide bonds. The lowest BCUT2D eigenvalue weighted by Crippen LogP contribution is -2.54. The molecule has 2 saturated heterocycles. The minimum Gasteiger partial charge on any atom is -0.490 e. The normalized spacial score (nSPS) is 24.9. The third kappa shape index (κ3) is 6.52. The highest BCUT2D eigenvalue weighted by Gasteiger charge is 2.39. The van der Waals surface area contributed by atoms with Crippen LogP contribution in [0.1, 0.15) is 62.2 Å². The Morgan fingerprint density at radius 2 is 1.91 bits per heavy atom. The maximum absolute atomic E-state index is 13.3. The van der Waals surface area contributed by atoms with Gasteiger partial charge in [0.25, 0.3) is 5.91 Å². The highest BCUT2D eigenvalue weighted by Crippen LogP contribution is 2.32. The maximum Gasteiger partial charge on any atom is 0.257 e. The van der Waals surface area contributed by atoms with Crippen LogP contribution in [0.15, 0.2) is 18.2 Å². The molecular weight excluding hydrogens is 448 g/mol. The molecule has 3 aliphatic heterocycles. The summed E-state index contributed by atoms with van der Waals surface area (Å²) < 4.78 is 12.3. The Balaban J connectivity index is 1.32. The van der Waals surface area contributed by atoms with Crippen LogP contribution in [0.2, 0.25) is 0 Å². The van der Waals surface area contributed by atoms with Gasteiger partial charge in [-0.05, 0) is 57.0 Å². The Bertz CT molecular complexity index is 917. The topological polar surface area (TPSA) is 100 Å². The van der Waals surface area contributed by atoms with Crippen molar-refractivity contribution >= 4 is 23.4 Å². The Morgan fingerprint density at radius 3 is 2.69 bits per heavy atom. The van der Waals surface area contributed by atoms with Crippen molar-refractivity contribution < 1.29 is 23.9 Å². The predicted molar refractivity (Wildman–Crippen MR) is 133 cm³/mol. The van der Waals surface area contributed by atoms with E-state index in [-0.39, 0.29) is 36.0 Å². The highest BCUT2D eigenvalue weighted by atomic mass is 16.5. The number of carbonyl (C=O) groups is 3. The van der Waals surface area contributed by atoms with E-state index in [1.54, 1.807) is 37.1 Å². The minimum atomic E-state index is -0.309. The van der Waals surface area contributed by atoms with Gasteiger partial charge in [0.05, 0.1) is 24.1 Å². The van der Waals surface area contributed by atoms with E-state index in [4.69, 9.17) is 9.47 Å². The molecule has 9 nitrogen and oxygen atoms in total. The molecule has 0 aliphatic carbocycles. The zero-order valence-electron chi connectivity index (χ0n) is 20.9. The molecule has 35 heavy (non-hydrogen) atoms. The summed E-state index contributed by atoms with van der Waals surface area (Å²) in [7, 11) is 1.78. The molecule has 3 aliphatic rings. The number of carbonyl (C=O) groups excluding carboxylic acids is 3. The number of ether oxygens (including phenoxy) is 2. The lowest BCUT2D eigenvalue weighted by atomic mass is 9.94. The summed E-state index contributed by atoms with van der Waals surface area (Å²) in [5.41, 5.74) is 0.999. The predicted octanol–water partition coefficient (Wildman–Crippen LogP) is 2.41. The number of amides is 3. The number of piperidine rings is 1. The molecule has 2 N–H and O–H groups in total. The van der Waals surface area contributed by atoms with Crippen LogP contribution in [0, 0.1) is 0 Å². The highest BCUT2D eigenvalue weighted by molar-refractivity contribution is 5.99. The first-order valence-electron chi connectivity index (χ1n) is 12.9. The third-order valence-electron chi connectivity index (χ3n) is 7.23. The molecule has 2 fully saturated rings. The maximum atomic E-state index is 13.3. The molecule has 9 heteroatoms. The van der Waals surface area contributed by atoms with Gasteiger partial charge in [0.1, 0.15) is 18.5 Å². The SMILES string of the molecule is CCC(=O)Nc1ccc2c(c1)C(=O)N(C)[C@H]1CC[C@@H](CC(=O)NCCN3CCCCC3)O[C@@H]1CO2. The van der Waals surface area contributed by atoms with Gasteiger partial charge in [-0.2, -0.15) is 0 Å². The summed E-state index contributed by atoms with van der Waals surface area (Å²) in [6.07, 6.45) is 5.41. The van der Waals surface area contributed by atoms with Gasteiger partial charge >= 0.3 is 0 Å². The average Bonchev–Trinajstić information content (AvgIpc) is 2.87. The molecular formula is C26H38N4O5. The second kappa shape index (κ2) is 11.9. The standard InChI is InChI=1S/C26H38N4O5/c1-3-24(31)28-18-7-10-22-20(15-18)26(33)29(2)21-9-8-19(35-23(21)17-34-22)16-25(32)27-11-14-30-12-5-4-6-13-30/h7,10,15,19,21,23H,3-6,8-9,11-14,16-17H2,1-2H3,(H,27,32)(H,28,31)/t19-,21-,23+/m0/s1. The van der Waals surface area contributed by atoms with Crippen molar-refractivity contribution in [1.82, 2.24) is 15.1 Å². The van der Waals surface area contributed by atoms with E-state index in [0.717, 1.165) is 26.1 Å². The van der Waals surface area contributed by atoms with Crippen LogP contribution in [-0.2, 0) is 14.3 Å². The van der Waals surface area contributed by atoms with Crippen molar-refractivity contribution in [2.24, 2.45) is 0 Å². The first-order valence-corrected chi connectivity index (χ1v) is 12.9. The van der Waals surface area contributed by atoms with Crippen molar-refractivity contribution in [3.05, 3.63) is 23.8 Å². The smallest absolute Gasteiger partial charge is 0.257 e. The van der Waals surface area contributed by atoms with Crippen LogP contribution >= 0.6 is 0 Å². The summed E-state index contributed by atoms with van der Waals surface area (Å²) >= 11 is 0. The van der Waals surface area contributed by atoms with Gasteiger partial charge in [-0.25, -0.2) is 0 Å². The van der Waals surface area contributed by atoms with E-state index in [9.17, 15) is 14.4 Å². The van der Waals surface area contributed by atoms with Crippen LogP contribution in [0.5, 0.6) is 5.75 Å². The molecule has 192 valence electrons. The van der Waals surface area contributed by atoms with E-state index in [0.29, 0.717) is 49.4 Å². The molecule has 0 saturated carbocycles. The second-order valence-corrected chi connectivity index (χ2v) is 9.74. The molecule has 1 aromatic carbocycles. The number of nitrogens with zero attached hydrogens (tertiary/aromatic N) is 2. The summed E-state index contributed by atoms with van der Waals surface area (Å²) in [6.45, 7) is 5.87. The van der Waals surface area contributed by atoms with Crippen LogP contribution in [-0.4, -0.2) is 85.6 Å². The number of nitrogens with one attached hydrogen (secondary N) is 2. The third-order valence-corrected chi connectivity index (χ3v) is 7.23. The molecule has 1 aromatic rings. The number of likely N-dealkylation sites (tertiary alicyclic amines) is 1. The van der Waals surface area contributed by atoms with Crippen molar-refractivity contribution in [1.29, 1.82) is 0 Å². The Kier molecular flexibility index (Phi) is 8.62. The summed E-state index contributed by atoms with van der Waals surface area (Å²) in [6, 6.07) is 4.98. The van der Waals surface area contributed by atoms with E-state index < -0.39 is 0 Å². The van der Waals surface area contributed by atoms with E-state index in [1.165, 1.54) is 19.3 Å². The number of rotatable bonds is 7. The molecule has 3 heterocycles. The Hall–Kier alpha value is -2.65. The van der Waals surface area contributed by atoms with E-state index >= 15 is 0 Å².